The van der Waals surface area contributed by atoms with E-state index in [0.29, 0.717) is 31.4 Å². The van der Waals surface area contributed by atoms with Gasteiger partial charge in [-0.3, -0.25) is 9.48 Å². The van der Waals surface area contributed by atoms with Crippen molar-refractivity contribution in [2.24, 2.45) is 13.0 Å². The van der Waals surface area contributed by atoms with Crippen molar-refractivity contribution in [3.05, 3.63) is 48.3 Å². The van der Waals surface area contributed by atoms with Gasteiger partial charge < -0.3 is 14.1 Å². The number of amides is 1. The van der Waals surface area contributed by atoms with Gasteiger partial charge in [-0.1, -0.05) is 6.07 Å². The fourth-order valence-corrected chi connectivity index (χ4v) is 6.32. The molecule has 1 saturated carbocycles. The number of piperidine rings is 1. The van der Waals surface area contributed by atoms with Crippen LogP contribution in [0.4, 0.5) is 0 Å². The Morgan fingerprint density at radius 2 is 2.03 bits per heavy atom. The molecular weight excluding hydrogens is 482 g/mol. The number of carbonyl (C=O) groups is 1. The second-order valence-electron chi connectivity index (χ2n) is 10.0. The zero-order chi connectivity index (χ0) is 25.3. The summed E-state index contributed by atoms with van der Waals surface area (Å²) in [5, 5.41) is 5.52. The van der Waals surface area contributed by atoms with Crippen LogP contribution in [-0.2, 0) is 21.8 Å². The van der Waals surface area contributed by atoms with Crippen LogP contribution in [0.25, 0.3) is 10.9 Å². The number of aryl methyl sites for hydroxylation is 1. The van der Waals surface area contributed by atoms with Crippen LogP contribution in [-0.4, -0.2) is 72.1 Å². The monoisotopic (exact) mass is 515 g/mol. The van der Waals surface area contributed by atoms with Gasteiger partial charge in [-0.25, -0.2) is 18.1 Å². The number of carbonyl (C=O) groups excluding carboxylic acids is 1. The van der Waals surface area contributed by atoms with Crippen molar-refractivity contribution in [2.45, 2.75) is 50.2 Å². The normalized spacial score (nSPS) is 25.3. The van der Waals surface area contributed by atoms with Gasteiger partial charge in [-0.05, 0) is 61.6 Å². The van der Waals surface area contributed by atoms with E-state index in [1.165, 1.54) is 23.4 Å². The molecule has 1 aromatic carbocycles. The summed E-state index contributed by atoms with van der Waals surface area (Å²) in [4.78, 5) is 18.3. The summed E-state index contributed by atoms with van der Waals surface area (Å²) in [5.41, 5.74) is 2.50. The van der Waals surface area contributed by atoms with Gasteiger partial charge in [0.15, 0.2) is 0 Å². The Kier molecular flexibility index (Phi) is 7.14. The summed E-state index contributed by atoms with van der Waals surface area (Å²) >= 11 is 0. The Morgan fingerprint density at radius 3 is 2.75 bits per heavy atom. The number of hydrogen-bond acceptors (Lipinski definition) is 7. The highest BCUT2D eigenvalue weighted by atomic mass is 32.2. The number of rotatable bonds is 7. The second kappa shape index (κ2) is 10.3. The van der Waals surface area contributed by atoms with Crippen LogP contribution >= 0.6 is 0 Å². The Morgan fingerprint density at radius 1 is 1.22 bits per heavy atom. The third kappa shape index (κ3) is 5.63. The number of ether oxygens (including phenoxy) is 1. The summed E-state index contributed by atoms with van der Waals surface area (Å²) in [6, 6.07) is 6.24. The molecule has 0 spiro atoms. The molecule has 2 aromatic heterocycles. The first-order valence-electron chi connectivity index (χ1n) is 12.5. The highest BCUT2D eigenvalue weighted by Gasteiger charge is 2.36. The van der Waals surface area contributed by atoms with Crippen LogP contribution in [0.5, 0.6) is 0 Å². The lowest BCUT2D eigenvalue weighted by Gasteiger charge is -2.39. The van der Waals surface area contributed by atoms with E-state index in [1.807, 2.05) is 17.9 Å². The highest BCUT2D eigenvalue weighted by Crippen LogP contribution is 2.37. The van der Waals surface area contributed by atoms with Gasteiger partial charge in [0.1, 0.15) is 6.26 Å². The maximum absolute atomic E-state index is 12.7. The molecule has 1 amide bonds. The van der Waals surface area contributed by atoms with E-state index in [-0.39, 0.29) is 24.4 Å². The molecule has 3 aromatic rings. The van der Waals surface area contributed by atoms with Crippen molar-refractivity contribution in [3.63, 3.8) is 0 Å². The van der Waals surface area contributed by atoms with Crippen molar-refractivity contribution < 1.29 is 22.4 Å². The van der Waals surface area contributed by atoms with E-state index in [1.54, 1.807) is 4.90 Å². The second-order valence-corrected chi connectivity index (χ2v) is 11.8. The molecule has 1 aliphatic carbocycles. The maximum atomic E-state index is 12.7. The lowest BCUT2D eigenvalue weighted by molar-refractivity contribution is -0.0317. The van der Waals surface area contributed by atoms with Gasteiger partial charge in [0, 0.05) is 32.1 Å². The molecule has 1 saturated heterocycles. The SMILES string of the molecule is Cn1ncc2cc(C3CCC(CO[C@@H]4CN(C(=O)c5ncco5)CC[C@@H]4NS(C)(=O)=O)CC3)ccc21. The fourth-order valence-electron chi connectivity index (χ4n) is 5.50. The number of oxazole rings is 1. The van der Waals surface area contributed by atoms with Crippen LogP contribution in [0.1, 0.15) is 54.3 Å². The minimum absolute atomic E-state index is 0.0334. The van der Waals surface area contributed by atoms with E-state index < -0.39 is 16.1 Å². The Hall–Kier alpha value is -2.76. The van der Waals surface area contributed by atoms with Crippen molar-refractivity contribution >= 4 is 26.8 Å². The molecule has 10 nitrogen and oxygen atoms in total. The van der Waals surface area contributed by atoms with Crippen LogP contribution < -0.4 is 4.72 Å². The zero-order valence-electron chi connectivity index (χ0n) is 20.7. The topological polar surface area (TPSA) is 120 Å². The smallest absolute Gasteiger partial charge is 0.309 e. The number of fused-ring (bicyclic) bond motifs is 1. The summed E-state index contributed by atoms with van der Waals surface area (Å²) in [6.45, 7) is 1.23. The zero-order valence-corrected chi connectivity index (χ0v) is 21.5. The molecular formula is C25H33N5O5S. The average molecular weight is 516 g/mol. The number of hydrogen-bond donors (Lipinski definition) is 1. The number of nitrogens with zero attached hydrogens (tertiary/aromatic N) is 4. The minimum Gasteiger partial charge on any atom is -0.441 e. The number of likely N-dealkylation sites (tertiary alicyclic amines) is 1. The molecule has 1 aliphatic heterocycles. The number of aromatic nitrogens is 3. The molecule has 5 rings (SSSR count). The maximum Gasteiger partial charge on any atom is 0.309 e. The van der Waals surface area contributed by atoms with Gasteiger partial charge in [-0.2, -0.15) is 5.10 Å². The molecule has 0 unspecified atom stereocenters. The van der Waals surface area contributed by atoms with Gasteiger partial charge in [0.05, 0.1) is 36.3 Å². The predicted octanol–water partition coefficient (Wildman–Crippen LogP) is 2.68. The first-order chi connectivity index (χ1) is 17.3. The quantitative estimate of drug-likeness (QED) is 0.514. The van der Waals surface area contributed by atoms with Crippen molar-refractivity contribution in [2.75, 3.05) is 26.0 Å². The molecule has 1 N–H and O–H groups in total. The molecule has 2 fully saturated rings. The van der Waals surface area contributed by atoms with Crippen LogP contribution in [0.3, 0.4) is 0 Å². The van der Waals surface area contributed by atoms with Gasteiger partial charge in [-0.15, -0.1) is 0 Å². The van der Waals surface area contributed by atoms with E-state index in [4.69, 9.17) is 9.15 Å². The molecule has 11 heteroatoms. The molecule has 36 heavy (non-hydrogen) atoms. The standard InChI is InChI=1S/C25H33N5O5S/c1-29-22-8-7-19(13-20(22)14-27-29)18-5-3-17(4-6-18)16-35-23-15-30(25(31)24-26-10-12-34-24)11-9-21(23)28-36(2,32)33/h7-8,10,12-14,17-18,21,23,28H,3-6,9,11,15-16H2,1-2H3/t17?,18?,21-,23+/m0/s1. The molecule has 2 atom stereocenters. The van der Waals surface area contributed by atoms with Crippen molar-refractivity contribution in [3.8, 4) is 0 Å². The fraction of sp³-hybridized carbons (Fsp3) is 0.560. The van der Waals surface area contributed by atoms with Crippen LogP contribution in [0.15, 0.2) is 41.3 Å². The number of nitrogens with one attached hydrogen (secondary N) is 1. The average Bonchev–Trinajstić information content (AvgIpc) is 3.53. The highest BCUT2D eigenvalue weighted by molar-refractivity contribution is 7.88. The first-order valence-corrected chi connectivity index (χ1v) is 14.4. The summed E-state index contributed by atoms with van der Waals surface area (Å²) in [7, 11) is -1.45. The van der Waals surface area contributed by atoms with E-state index in [2.05, 4.69) is 33.0 Å². The number of sulfonamides is 1. The Labute approximate surface area is 211 Å². The van der Waals surface area contributed by atoms with E-state index >= 15 is 0 Å². The lowest BCUT2D eigenvalue weighted by Crippen LogP contribution is -2.56. The molecule has 194 valence electrons. The summed E-state index contributed by atoms with van der Waals surface area (Å²) in [6.07, 6.45) is 10.2. The largest absolute Gasteiger partial charge is 0.441 e. The van der Waals surface area contributed by atoms with Crippen molar-refractivity contribution in [1.29, 1.82) is 0 Å². The van der Waals surface area contributed by atoms with Crippen LogP contribution in [0, 0.1) is 5.92 Å². The number of benzene rings is 1. The van der Waals surface area contributed by atoms with E-state index in [0.717, 1.165) is 37.5 Å². The van der Waals surface area contributed by atoms with E-state index in [9.17, 15) is 13.2 Å². The molecule has 0 radical (unpaired) electrons. The first kappa shape index (κ1) is 24.9. The molecule has 3 heterocycles. The Bertz CT molecular complexity index is 1300. The third-order valence-corrected chi connectivity index (χ3v) is 8.19. The van der Waals surface area contributed by atoms with Gasteiger partial charge in [0.2, 0.25) is 10.0 Å². The summed E-state index contributed by atoms with van der Waals surface area (Å²) in [5.74, 6) is 0.651. The predicted molar refractivity (Wildman–Crippen MR) is 134 cm³/mol. The van der Waals surface area contributed by atoms with Crippen molar-refractivity contribution in [1.82, 2.24) is 24.4 Å². The summed E-state index contributed by atoms with van der Waals surface area (Å²) < 4.78 is 39.9. The minimum atomic E-state index is -3.40. The molecule has 0 bridgehead atoms. The Balaban J connectivity index is 1.18. The molecule has 2 aliphatic rings. The lowest BCUT2D eigenvalue weighted by atomic mass is 9.79. The van der Waals surface area contributed by atoms with Gasteiger partial charge >= 0.3 is 5.91 Å². The van der Waals surface area contributed by atoms with Gasteiger partial charge in [0.25, 0.3) is 5.89 Å². The van der Waals surface area contributed by atoms with Crippen LogP contribution in [0.2, 0.25) is 0 Å². The third-order valence-electron chi connectivity index (χ3n) is 7.46.